The quantitative estimate of drug-likeness (QED) is 0.744. The minimum Gasteiger partial charge on any atom is -0.236 e. The van der Waals surface area contributed by atoms with Gasteiger partial charge in [-0.3, -0.25) is 0 Å². The number of hydrogen-bond donors (Lipinski definition) is 0. The third-order valence-corrected chi connectivity index (χ3v) is 3.24. The van der Waals surface area contributed by atoms with Crippen molar-refractivity contribution in [2.75, 3.05) is 0 Å². The molecule has 0 N–H and O–H groups in total. The van der Waals surface area contributed by atoms with E-state index >= 15 is 0 Å². The van der Waals surface area contributed by atoms with E-state index in [1.807, 2.05) is 42.8 Å². The van der Waals surface area contributed by atoms with Gasteiger partial charge in [0.25, 0.3) is 0 Å². The van der Waals surface area contributed by atoms with Crippen molar-refractivity contribution in [2.45, 2.75) is 19.7 Å². The van der Waals surface area contributed by atoms with Crippen molar-refractivity contribution >= 4 is 23.2 Å². The van der Waals surface area contributed by atoms with Gasteiger partial charge in [-0.1, -0.05) is 23.7 Å². The largest absolute Gasteiger partial charge is 0.236 e. The van der Waals surface area contributed by atoms with Crippen LogP contribution in [0.5, 0.6) is 0 Å². The molecule has 2 nitrogen and oxygen atoms in total. The number of hydrogen-bond acceptors (Lipinski definition) is 1. The molecule has 0 unspecified atom stereocenters. The van der Waals surface area contributed by atoms with Gasteiger partial charge < -0.3 is 0 Å². The van der Waals surface area contributed by atoms with Gasteiger partial charge in [-0.25, -0.2) is 4.68 Å². The standard InChI is InChI=1S/C12H12Cl2N2/c1-8-10(7-13)9(2)16(15-8)12-6-4-3-5-11(12)14/h3-6H,7H2,1-2H3. The van der Waals surface area contributed by atoms with E-state index in [1.165, 1.54) is 0 Å². The van der Waals surface area contributed by atoms with Crippen molar-refractivity contribution in [2.24, 2.45) is 0 Å². The Morgan fingerprint density at radius 2 is 1.94 bits per heavy atom. The molecule has 0 bridgehead atoms. The van der Waals surface area contributed by atoms with Crippen molar-refractivity contribution in [3.05, 3.63) is 46.2 Å². The molecule has 1 aromatic heterocycles. The molecule has 0 aliphatic rings. The number of benzene rings is 1. The van der Waals surface area contributed by atoms with Crippen molar-refractivity contribution in [1.82, 2.24) is 9.78 Å². The summed E-state index contributed by atoms with van der Waals surface area (Å²) < 4.78 is 1.84. The van der Waals surface area contributed by atoms with Gasteiger partial charge in [0.1, 0.15) is 0 Å². The van der Waals surface area contributed by atoms with Crippen LogP contribution in [0.15, 0.2) is 24.3 Å². The van der Waals surface area contributed by atoms with E-state index < -0.39 is 0 Å². The molecule has 0 aliphatic heterocycles. The zero-order valence-electron chi connectivity index (χ0n) is 9.17. The Morgan fingerprint density at radius 3 is 2.50 bits per heavy atom. The molecule has 0 spiro atoms. The summed E-state index contributed by atoms with van der Waals surface area (Å²) in [7, 11) is 0. The van der Waals surface area contributed by atoms with Crippen molar-refractivity contribution < 1.29 is 0 Å². The monoisotopic (exact) mass is 254 g/mol. The average Bonchev–Trinajstić information content (AvgIpc) is 2.55. The fourth-order valence-corrected chi connectivity index (χ4v) is 2.33. The summed E-state index contributed by atoms with van der Waals surface area (Å²) >= 11 is 12.0. The summed E-state index contributed by atoms with van der Waals surface area (Å²) in [5.41, 5.74) is 3.95. The summed E-state index contributed by atoms with van der Waals surface area (Å²) in [6, 6.07) is 7.64. The lowest BCUT2D eigenvalue weighted by atomic mass is 10.2. The Labute approximate surface area is 105 Å². The molecular formula is C12H12Cl2N2. The highest BCUT2D eigenvalue weighted by Gasteiger charge is 2.13. The highest BCUT2D eigenvalue weighted by molar-refractivity contribution is 6.32. The third kappa shape index (κ3) is 1.83. The summed E-state index contributed by atoms with van der Waals surface area (Å²) in [6.07, 6.45) is 0. The van der Waals surface area contributed by atoms with Gasteiger partial charge in [-0.05, 0) is 26.0 Å². The fourth-order valence-electron chi connectivity index (χ4n) is 1.73. The number of rotatable bonds is 2. The van der Waals surface area contributed by atoms with Gasteiger partial charge in [0.2, 0.25) is 0 Å². The Kier molecular flexibility index (Phi) is 3.22. The van der Waals surface area contributed by atoms with E-state index in [-0.39, 0.29) is 0 Å². The first kappa shape index (κ1) is 11.5. The Hall–Kier alpha value is -0.990. The number of aryl methyl sites for hydroxylation is 1. The first-order valence-corrected chi connectivity index (χ1v) is 5.92. The lowest BCUT2D eigenvalue weighted by molar-refractivity contribution is 0.833. The van der Waals surface area contributed by atoms with E-state index in [4.69, 9.17) is 23.2 Å². The van der Waals surface area contributed by atoms with Crippen LogP contribution in [0.2, 0.25) is 5.02 Å². The molecule has 0 radical (unpaired) electrons. The van der Waals surface area contributed by atoms with E-state index in [0.29, 0.717) is 10.9 Å². The molecule has 16 heavy (non-hydrogen) atoms. The minimum atomic E-state index is 0.474. The number of halogens is 2. The molecule has 2 rings (SSSR count). The molecular weight excluding hydrogens is 243 g/mol. The molecule has 0 atom stereocenters. The summed E-state index contributed by atoms with van der Waals surface area (Å²) in [4.78, 5) is 0. The van der Waals surface area contributed by atoms with Crippen molar-refractivity contribution in [3.8, 4) is 5.69 Å². The molecule has 1 heterocycles. The summed E-state index contributed by atoms with van der Waals surface area (Å²) in [5, 5.41) is 5.15. The zero-order valence-corrected chi connectivity index (χ0v) is 10.7. The molecule has 2 aromatic rings. The van der Waals surface area contributed by atoms with Crippen LogP contribution >= 0.6 is 23.2 Å². The molecule has 0 saturated carbocycles. The minimum absolute atomic E-state index is 0.474. The zero-order chi connectivity index (χ0) is 11.7. The smallest absolute Gasteiger partial charge is 0.0835 e. The molecule has 1 aromatic carbocycles. The second-order valence-corrected chi connectivity index (χ2v) is 4.32. The van der Waals surface area contributed by atoms with E-state index in [9.17, 15) is 0 Å². The first-order valence-electron chi connectivity index (χ1n) is 5.01. The van der Waals surface area contributed by atoms with Gasteiger partial charge >= 0.3 is 0 Å². The summed E-state index contributed by atoms with van der Waals surface area (Å²) in [6.45, 7) is 3.96. The lowest BCUT2D eigenvalue weighted by Crippen LogP contribution is -2.00. The number of nitrogens with zero attached hydrogens (tertiary/aromatic N) is 2. The molecule has 0 aliphatic carbocycles. The van der Waals surface area contributed by atoms with Crippen LogP contribution in [0.3, 0.4) is 0 Å². The van der Waals surface area contributed by atoms with Crippen LogP contribution in [0.1, 0.15) is 17.0 Å². The Morgan fingerprint density at radius 1 is 1.25 bits per heavy atom. The maximum Gasteiger partial charge on any atom is 0.0835 e. The van der Waals surface area contributed by atoms with E-state index in [0.717, 1.165) is 22.6 Å². The molecule has 84 valence electrons. The van der Waals surface area contributed by atoms with E-state index in [2.05, 4.69) is 5.10 Å². The third-order valence-electron chi connectivity index (χ3n) is 2.66. The van der Waals surface area contributed by atoms with Gasteiger partial charge in [-0.2, -0.15) is 5.10 Å². The highest BCUT2D eigenvalue weighted by Crippen LogP contribution is 2.24. The second kappa shape index (κ2) is 4.48. The van der Waals surface area contributed by atoms with Crippen LogP contribution in [0.25, 0.3) is 5.69 Å². The van der Waals surface area contributed by atoms with Crippen LogP contribution in [-0.2, 0) is 5.88 Å². The SMILES string of the molecule is Cc1nn(-c2ccccc2Cl)c(C)c1CCl. The number of para-hydroxylation sites is 1. The normalized spacial score (nSPS) is 10.8. The van der Waals surface area contributed by atoms with Crippen LogP contribution in [-0.4, -0.2) is 9.78 Å². The van der Waals surface area contributed by atoms with Crippen LogP contribution in [0, 0.1) is 13.8 Å². The van der Waals surface area contributed by atoms with Crippen LogP contribution in [0.4, 0.5) is 0 Å². The average molecular weight is 255 g/mol. The van der Waals surface area contributed by atoms with Gasteiger partial charge in [-0.15, -0.1) is 11.6 Å². The number of aromatic nitrogens is 2. The van der Waals surface area contributed by atoms with Crippen LogP contribution < -0.4 is 0 Å². The van der Waals surface area contributed by atoms with Crippen molar-refractivity contribution in [3.63, 3.8) is 0 Å². The lowest BCUT2D eigenvalue weighted by Gasteiger charge is -2.06. The van der Waals surface area contributed by atoms with Gasteiger partial charge in [0.05, 0.1) is 22.3 Å². The summed E-state index contributed by atoms with van der Waals surface area (Å²) in [5.74, 6) is 0.474. The maximum absolute atomic E-state index is 6.14. The molecule has 0 fully saturated rings. The number of alkyl halides is 1. The van der Waals surface area contributed by atoms with Gasteiger partial charge in [0.15, 0.2) is 0 Å². The highest BCUT2D eigenvalue weighted by atomic mass is 35.5. The predicted molar refractivity (Wildman–Crippen MR) is 67.6 cm³/mol. The topological polar surface area (TPSA) is 17.8 Å². The fraction of sp³-hybridized carbons (Fsp3) is 0.250. The molecule has 0 amide bonds. The second-order valence-electron chi connectivity index (χ2n) is 3.65. The van der Waals surface area contributed by atoms with E-state index in [1.54, 1.807) is 0 Å². The maximum atomic E-state index is 6.14. The Bertz CT molecular complexity index is 518. The van der Waals surface area contributed by atoms with Crippen molar-refractivity contribution in [1.29, 1.82) is 0 Å². The first-order chi connectivity index (χ1) is 7.65. The predicted octanol–water partition coefficient (Wildman–Crippen LogP) is 3.88. The molecule has 0 saturated heterocycles. The molecule has 4 heteroatoms. The Balaban J connectivity index is 2.62. The van der Waals surface area contributed by atoms with Gasteiger partial charge in [0, 0.05) is 11.3 Å².